The van der Waals surface area contributed by atoms with Gasteiger partial charge in [0.2, 0.25) is 5.91 Å². The highest BCUT2D eigenvalue weighted by Crippen LogP contribution is 2.22. The average Bonchev–Trinajstić information content (AvgIpc) is 2.92. The first kappa shape index (κ1) is 17.4. The van der Waals surface area contributed by atoms with Gasteiger partial charge >= 0.3 is 0 Å². The molecule has 2 aromatic heterocycles. The van der Waals surface area contributed by atoms with E-state index in [0.29, 0.717) is 18.8 Å². The summed E-state index contributed by atoms with van der Waals surface area (Å²) in [6.07, 6.45) is 3.44. The maximum absolute atomic E-state index is 12.3. The molecular weight excluding hydrogens is 320 g/mol. The van der Waals surface area contributed by atoms with Crippen LogP contribution in [0.3, 0.4) is 0 Å². The van der Waals surface area contributed by atoms with E-state index >= 15 is 0 Å². The van der Waals surface area contributed by atoms with E-state index in [1.807, 2.05) is 26.0 Å². The minimum Gasteiger partial charge on any atom is -0.391 e. The Labute approximate surface area is 147 Å². The number of anilines is 1. The van der Waals surface area contributed by atoms with Crippen LogP contribution < -0.4 is 10.2 Å². The number of piperidine rings is 1. The molecular formula is C18H24N4O3. The van der Waals surface area contributed by atoms with Gasteiger partial charge in [0.1, 0.15) is 11.6 Å². The van der Waals surface area contributed by atoms with Gasteiger partial charge in [-0.2, -0.15) is 0 Å². The van der Waals surface area contributed by atoms with Crippen molar-refractivity contribution in [2.24, 2.45) is 0 Å². The third-order valence-electron chi connectivity index (χ3n) is 4.56. The van der Waals surface area contributed by atoms with Gasteiger partial charge in [-0.3, -0.25) is 4.79 Å². The Hall–Kier alpha value is -2.41. The van der Waals surface area contributed by atoms with E-state index in [9.17, 15) is 9.90 Å². The van der Waals surface area contributed by atoms with E-state index in [-0.39, 0.29) is 18.4 Å². The van der Waals surface area contributed by atoms with E-state index in [4.69, 9.17) is 4.52 Å². The summed E-state index contributed by atoms with van der Waals surface area (Å²) in [5.74, 6) is 1.43. The third kappa shape index (κ3) is 4.17. The van der Waals surface area contributed by atoms with Crippen LogP contribution >= 0.6 is 0 Å². The molecule has 7 nitrogen and oxygen atoms in total. The predicted molar refractivity (Wildman–Crippen MR) is 93.2 cm³/mol. The second-order valence-electron chi connectivity index (χ2n) is 6.48. The number of nitrogens with zero attached hydrogens (tertiary/aromatic N) is 3. The molecule has 1 amide bonds. The summed E-state index contributed by atoms with van der Waals surface area (Å²) >= 11 is 0. The zero-order chi connectivity index (χ0) is 17.8. The molecule has 1 atom stereocenters. The first-order chi connectivity index (χ1) is 12.0. The summed E-state index contributed by atoms with van der Waals surface area (Å²) in [6, 6.07) is 3.82. The average molecular weight is 344 g/mol. The first-order valence-electron chi connectivity index (χ1n) is 8.60. The molecule has 1 saturated heterocycles. The Kier molecular flexibility index (Phi) is 5.33. The van der Waals surface area contributed by atoms with Gasteiger partial charge in [-0.15, -0.1) is 0 Å². The topological polar surface area (TPSA) is 91.5 Å². The van der Waals surface area contributed by atoms with Crippen molar-refractivity contribution in [1.29, 1.82) is 0 Å². The van der Waals surface area contributed by atoms with Crippen molar-refractivity contribution < 1.29 is 14.4 Å². The van der Waals surface area contributed by atoms with Gasteiger partial charge in [0, 0.05) is 37.0 Å². The molecule has 1 fully saturated rings. The van der Waals surface area contributed by atoms with Crippen LogP contribution in [0.4, 0.5) is 5.82 Å². The third-order valence-corrected chi connectivity index (χ3v) is 4.56. The van der Waals surface area contributed by atoms with Gasteiger partial charge < -0.3 is 19.8 Å². The van der Waals surface area contributed by atoms with Crippen LogP contribution in [0.5, 0.6) is 0 Å². The maximum Gasteiger partial charge on any atom is 0.224 e. The fraction of sp³-hybridized carbons (Fsp3) is 0.500. The number of aliphatic hydroxyl groups is 1. The number of aliphatic hydroxyl groups excluding tert-OH is 1. The number of nitrogens with one attached hydrogen (secondary N) is 1. The van der Waals surface area contributed by atoms with Gasteiger partial charge in [-0.25, -0.2) is 4.98 Å². The summed E-state index contributed by atoms with van der Waals surface area (Å²) in [5, 5.41) is 16.7. The van der Waals surface area contributed by atoms with Crippen molar-refractivity contribution >= 4 is 11.7 Å². The largest absolute Gasteiger partial charge is 0.391 e. The minimum absolute atomic E-state index is 0.0807. The molecule has 3 heterocycles. The van der Waals surface area contributed by atoms with Gasteiger partial charge in [0.15, 0.2) is 0 Å². The smallest absolute Gasteiger partial charge is 0.224 e. The first-order valence-corrected chi connectivity index (χ1v) is 8.60. The van der Waals surface area contributed by atoms with Crippen LogP contribution in [0.1, 0.15) is 35.4 Å². The lowest BCUT2D eigenvalue weighted by Crippen LogP contribution is -2.39. The lowest BCUT2D eigenvalue weighted by Gasteiger charge is -2.32. The number of rotatable bonds is 5. The van der Waals surface area contributed by atoms with Gasteiger partial charge in [-0.1, -0.05) is 11.2 Å². The summed E-state index contributed by atoms with van der Waals surface area (Å²) < 4.78 is 5.10. The van der Waals surface area contributed by atoms with Gasteiger partial charge in [0.05, 0.1) is 18.2 Å². The van der Waals surface area contributed by atoms with Crippen molar-refractivity contribution in [1.82, 2.24) is 15.5 Å². The molecule has 7 heteroatoms. The molecule has 1 aliphatic rings. The number of hydrogen-bond acceptors (Lipinski definition) is 6. The van der Waals surface area contributed by atoms with E-state index < -0.39 is 0 Å². The molecule has 0 radical (unpaired) electrons. The number of hydrogen-bond donors (Lipinski definition) is 2. The monoisotopic (exact) mass is 344 g/mol. The highest BCUT2D eigenvalue weighted by atomic mass is 16.5. The van der Waals surface area contributed by atoms with Crippen LogP contribution in [0, 0.1) is 13.8 Å². The van der Waals surface area contributed by atoms with E-state index in [1.165, 1.54) is 0 Å². The number of aryl methyl sites for hydroxylation is 2. The zero-order valence-corrected chi connectivity index (χ0v) is 14.7. The van der Waals surface area contributed by atoms with Crippen LogP contribution in [-0.4, -0.2) is 40.3 Å². The lowest BCUT2D eigenvalue weighted by atomic mass is 10.1. The summed E-state index contributed by atoms with van der Waals surface area (Å²) in [7, 11) is 0. The molecule has 0 saturated carbocycles. The Bertz CT molecular complexity index is 724. The predicted octanol–water partition coefficient (Wildman–Crippen LogP) is 1.51. The Morgan fingerprint density at radius 1 is 1.48 bits per heavy atom. The second kappa shape index (κ2) is 7.65. The standard InChI is InChI=1S/C18H24N4O3/c1-12-16(13(2)25-21-12)9-17(24)20-10-14-5-3-7-19-18(14)22-8-4-6-15(23)11-22/h3,5,7,15,23H,4,6,8-11H2,1-2H3,(H,20,24). The van der Waals surface area contributed by atoms with Crippen LogP contribution in [0.25, 0.3) is 0 Å². The number of carbonyl (C=O) groups is 1. The van der Waals surface area contributed by atoms with Crippen molar-refractivity contribution in [2.75, 3.05) is 18.0 Å². The van der Waals surface area contributed by atoms with Crippen molar-refractivity contribution in [3.05, 3.63) is 40.9 Å². The normalized spacial score (nSPS) is 17.6. The molecule has 2 aromatic rings. The molecule has 3 rings (SSSR count). The van der Waals surface area contributed by atoms with Crippen LogP contribution in [-0.2, 0) is 17.8 Å². The van der Waals surface area contributed by atoms with Crippen molar-refractivity contribution in [2.45, 2.75) is 45.8 Å². The summed E-state index contributed by atoms with van der Waals surface area (Å²) in [4.78, 5) is 18.8. The molecule has 25 heavy (non-hydrogen) atoms. The summed E-state index contributed by atoms with van der Waals surface area (Å²) in [6.45, 7) is 5.49. The van der Waals surface area contributed by atoms with Crippen molar-refractivity contribution in [3.63, 3.8) is 0 Å². The molecule has 0 spiro atoms. The molecule has 1 aliphatic heterocycles. The highest BCUT2D eigenvalue weighted by molar-refractivity contribution is 5.79. The zero-order valence-electron chi connectivity index (χ0n) is 14.7. The molecule has 0 aliphatic carbocycles. The number of carbonyl (C=O) groups excluding carboxylic acids is 1. The van der Waals surface area contributed by atoms with Crippen molar-refractivity contribution in [3.8, 4) is 0 Å². The second-order valence-corrected chi connectivity index (χ2v) is 6.48. The lowest BCUT2D eigenvalue weighted by molar-refractivity contribution is -0.120. The quantitative estimate of drug-likeness (QED) is 0.854. The van der Waals surface area contributed by atoms with Gasteiger partial charge in [0.25, 0.3) is 0 Å². The number of β-amino-alcohol motifs (C(OH)–C–C–N with tert-alkyl or cyclic N) is 1. The van der Waals surface area contributed by atoms with Crippen LogP contribution in [0.2, 0.25) is 0 Å². The minimum atomic E-state index is -0.322. The fourth-order valence-electron chi connectivity index (χ4n) is 3.17. The molecule has 0 aromatic carbocycles. The molecule has 134 valence electrons. The SMILES string of the molecule is Cc1noc(C)c1CC(=O)NCc1cccnc1N1CCCC(O)C1. The Morgan fingerprint density at radius 3 is 3.04 bits per heavy atom. The highest BCUT2D eigenvalue weighted by Gasteiger charge is 2.21. The van der Waals surface area contributed by atoms with E-state index in [1.54, 1.807) is 6.20 Å². The summed E-state index contributed by atoms with van der Waals surface area (Å²) in [5.41, 5.74) is 2.53. The van der Waals surface area contributed by atoms with Gasteiger partial charge in [-0.05, 0) is 32.8 Å². The molecule has 0 bridgehead atoms. The maximum atomic E-state index is 12.3. The molecule has 2 N–H and O–H groups in total. The van der Waals surface area contributed by atoms with E-state index in [2.05, 4.69) is 20.4 Å². The molecule has 1 unspecified atom stereocenters. The number of pyridine rings is 1. The Balaban J connectivity index is 1.64. The van der Waals surface area contributed by atoms with Crippen LogP contribution in [0.15, 0.2) is 22.9 Å². The number of aromatic nitrogens is 2. The fourth-order valence-corrected chi connectivity index (χ4v) is 3.17. The Morgan fingerprint density at radius 2 is 2.32 bits per heavy atom. The van der Waals surface area contributed by atoms with E-state index in [0.717, 1.165) is 42.0 Å². The number of amides is 1.